The van der Waals surface area contributed by atoms with E-state index in [0.29, 0.717) is 5.82 Å². The van der Waals surface area contributed by atoms with Crippen LogP contribution in [0.5, 0.6) is 0 Å². The summed E-state index contributed by atoms with van der Waals surface area (Å²) in [5, 5.41) is 9.79. The molecule has 0 aliphatic rings. The lowest BCUT2D eigenvalue weighted by atomic mass is 9.84. The van der Waals surface area contributed by atoms with Crippen LogP contribution in [0.4, 0.5) is 0 Å². The first-order valence-corrected chi connectivity index (χ1v) is 19.8. The van der Waals surface area contributed by atoms with Crippen LogP contribution >= 0.6 is 0 Å². The molecule has 0 unspecified atom stereocenters. The minimum atomic E-state index is 0.702. The second-order valence-corrected chi connectivity index (χ2v) is 14.9. The first-order valence-electron chi connectivity index (χ1n) is 19.8. The summed E-state index contributed by atoms with van der Waals surface area (Å²) >= 11 is 0. The largest absolute Gasteiger partial charge is 0.236 e. The zero-order valence-corrected chi connectivity index (χ0v) is 31.7. The number of fused-ring (bicyclic) bond motifs is 4. The van der Waals surface area contributed by atoms with Crippen molar-refractivity contribution < 1.29 is 0 Å². The lowest BCUT2D eigenvalue weighted by molar-refractivity contribution is 1.18. The molecule has 0 aliphatic heterocycles. The van der Waals surface area contributed by atoms with Crippen molar-refractivity contribution in [3.63, 3.8) is 0 Å². The molecule has 0 saturated heterocycles. The molecule has 1 aromatic heterocycles. The maximum absolute atomic E-state index is 4.90. The Balaban J connectivity index is 1.10. The van der Waals surface area contributed by atoms with E-state index in [1.807, 2.05) is 30.6 Å². The third-order valence-electron chi connectivity index (χ3n) is 11.6. The molecule has 11 rings (SSSR count). The van der Waals surface area contributed by atoms with Gasteiger partial charge in [0.2, 0.25) is 0 Å². The third-order valence-corrected chi connectivity index (χ3v) is 11.6. The topological polar surface area (TPSA) is 25.8 Å². The van der Waals surface area contributed by atoms with Crippen molar-refractivity contribution in [3.8, 4) is 67.0 Å². The zero-order chi connectivity index (χ0) is 38.4. The summed E-state index contributed by atoms with van der Waals surface area (Å²) in [6, 6.07) is 74.5. The number of rotatable bonds is 6. The Morgan fingerprint density at radius 2 is 0.655 bits per heavy atom. The summed E-state index contributed by atoms with van der Waals surface area (Å²) in [7, 11) is 0. The van der Waals surface area contributed by atoms with Gasteiger partial charge < -0.3 is 0 Å². The molecule has 0 spiro atoms. The molecule has 1 heterocycles. The van der Waals surface area contributed by atoms with Crippen molar-refractivity contribution >= 4 is 43.1 Å². The molecular formula is C56H36N2. The van der Waals surface area contributed by atoms with Crippen molar-refractivity contribution in [1.82, 2.24) is 9.97 Å². The van der Waals surface area contributed by atoms with Crippen molar-refractivity contribution in [2.45, 2.75) is 0 Å². The number of hydrogen-bond acceptors (Lipinski definition) is 2. The van der Waals surface area contributed by atoms with Gasteiger partial charge in [-0.1, -0.05) is 200 Å². The van der Waals surface area contributed by atoms with E-state index in [0.717, 1.165) is 22.1 Å². The van der Waals surface area contributed by atoms with E-state index in [2.05, 4.69) is 188 Å². The summed E-state index contributed by atoms with van der Waals surface area (Å²) < 4.78 is 0. The van der Waals surface area contributed by atoms with Crippen molar-refractivity contribution in [3.05, 3.63) is 219 Å². The summed E-state index contributed by atoms with van der Waals surface area (Å²) in [5.41, 5.74) is 12.7. The van der Waals surface area contributed by atoms with Gasteiger partial charge in [-0.3, -0.25) is 0 Å². The summed E-state index contributed by atoms with van der Waals surface area (Å²) in [6.45, 7) is 0. The lowest BCUT2D eigenvalue weighted by Crippen LogP contribution is -1.94. The second-order valence-electron chi connectivity index (χ2n) is 14.9. The Morgan fingerprint density at radius 3 is 1.21 bits per heavy atom. The van der Waals surface area contributed by atoms with E-state index in [-0.39, 0.29) is 0 Å². The van der Waals surface area contributed by atoms with Crippen molar-refractivity contribution in [2.24, 2.45) is 0 Å². The highest BCUT2D eigenvalue weighted by atomic mass is 14.9. The Hall–Kier alpha value is -7.68. The van der Waals surface area contributed by atoms with E-state index in [1.54, 1.807) is 0 Å². The highest BCUT2D eigenvalue weighted by molar-refractivity contribution is 6.22. The van der Waals surface area contributed by atoms with E-state index < -0.39 is 0 Å². The zero-order valence-electron chi connectivity index (χ0n) is 31.7. The SMILES string of the molecule is c1ccc(-c2cnc(-c3ccc4c(-c5ccc(-c6cccc7ccccc67)cc5)c5ccccc5c(-c5ccc(-c6cccc7ccccc67)cc5)c4c3)nc2)cc1. The number of aromatic nitrogens is 2. The van der Waals surface area contributed by atoms with E-state index in [4.69, 9.17) is 9.97 Å². The van der Waals surface area contributed by atoms with E-state index >= 15 is 0 Å². The molecule has 10 aromatic carbocycles. The van der Waals surface area contributed by atoms with E-state index in [9.17, 15) is 0 Å². The molecule has 11 aromatic rings. The lowest BCUT2D eigenvalue weighted by Gasteiger charge is -2.19. The van der Waals surface area contributed by atoms with Gasteiger partial charge in [-0.05, 0) is 99.2 Å². The summed E-state index contributed by atoms with van der Waals surface area (Å²) in [6.07, 6.45) is 3.86. The first-order chi connectivity index (χ1) is 28.8. The molecule has 2 heteroatoms. The smallest absolute Gasteiger partial charge is 0.159 e. The first kappa shape index (κ1) is 33.6. The average Bonchev–Trinajstić information content (AvgIpc) is 3.31. The van der Waals surface area contributed by atoms with Crippen molar-refractivity contribution in [2.75, 3.05) is 0 Å². The molecule has 0 bridgehead atoms. The summed E-state index contributed by atoms with van der Waals surface area (Å²) in [5.74, 6) is 0.702. The van der Waals surface area contributed by atoms with Gasteiger partial charge in [-0.15, -0.1) is 0 Å². The molecule has 0 saturated carbocycles. The molecule has 0 fully saturated rings. The Bertz CT molecular complexity index is 3280. The van der Waals surface area contributed by atoms with Crippen LogP contribution in [-0.2, 0) is 0 Å². The molecule has 0 N–H and O–H groups in total. The average molecular weight is 737 g/mol. The quantitative estimate of drug-likeness (QED) is 0.159. The van der Waals surface area contributed by atoms with Gasteiger partial charge in [0.1, 0.15) is 0 Å². The highest BCUT2D eigenvalue weighted by Gasteiger charge is 2.19. The van der Waals surface area contributed by atoms with Gasteiger partial charge in [0.25, 0.3) is 0 Å². The van der Waals surface area contributed by atoms with Crippen LogP contribution in [0.1, 0.15) is 0 Å². The predicted molar refractivity (Wildman–Crippen MR) is 245 cm³/mol. The number of hydrogen-bond donors (Lipinski definition) is 0. The van der Waals surface area contributed by atoms with Gasteiger partial charge in [0.05, 0.1) is 0 Å². The molecular weight excluding hydrogens is 701 g/mol. The van der Waals surface area contributed by atoms with Gasteiger partial charge in [-0.2, -0.15) is 0 Å². The van der Waals surface area contributed by atoms with Crippen LogP contribution in [0.3, 0.4) is 0 Å². The van der Waals surface area contributed by atoms with Crippen LogP contribution in [0.15, 0.2) is 219 Å². The van der Waals surface area contributed by atoms with Crippen LogP contribution in [0.2, 0.25) is 0 Å². The van der Waals surface area contributed by atoms with Crippen LogP contribution in [-0.4, -0.2) is 9.97 Å². The molecule has 0 atom stereocenters. The standard InChI is InChI=1S/C56H36N2/c1-2-12-37(13-3-1)45-35-57-56(58-36-45)44-32-33-52-53(34-44)55(43-30-26-41(27-31-43)49-23-11-17-39-15-5-7-19-47(39)49)51-21-9-8-20-50(51)54(52)42-28-24-40(25-29-42)48-22-10-16-38-14-4-6-18-46(38)48/h1-36H. The van der Waals surface area contributed by atoms with Crippen LogP contribution in [0.25, 0.3) is 110 Å². The predicted octanol–water partition coefficient (Wildman–Crippen LogP) is 15.1. The molecule has 0 aliphatic carbocycles. The number of nitrogens with zero attached hydrogens (tertiary/aromatic N) is 2. The molecule has 58 heavy (non-hydrogen) atoms. The second kappa shape index (κ2) is 14.1. The molecule has 0 amide bonds. The fourth-order valence-corrected chi connectivity index (χ4v) is 8.78. The van der Waals surface area contributed by atoms with Crippen molar-refractivity contribution in [1.29, 1.82) is 0 Å². The maximum Gasteiger partial charge on any atom is 0.159 e. The van der Waals surface area contributed by atoms with Crippen LogP contribution < -0.4 is 0 Å². The maximum atomic E-state index is 4.90. The van der Waals surface area contributed by atoms with Crippen LogP contribution in [0, 0.1) is 0 Å². The summed E-state index contributed by atoms with van der Waals surface area (Å²) in [4.78, 5) is 9.79. The van der Waals surface area contributed by atoms with Gasteiger partial charge in [0, 0.05) is 23.5 Å². The van der Waals surface area contributed by atoms with E-state index in [1.165, 1.54) is 82.2 Å². The number of benzene rings is 10. The Morgan fingerprint density at radius 1 is 0.241 bits per heavy atom. The van der Waals surface area contributed by atoms with Gasteiger partial charge in [-0.25, -0.2) is 9.97 Å². The minimum absolute atomic E-state index is 0.702. The van der Waals surface area contributed by atoms with Gasteiger partial charge >= 0.3 is 0 Å². The van der Waals surface area contributed by atoms with Gasteiger partial charge in [0.15, 0.2) is 5.82 Å². The fourth-order valence-electron chi connectivity index (χ4n) is 8.78. The monoisotopic (exact) mass is 736 g/mol. The fraction of sp³-hybridized carbons (Fsp3) is 0. The molecule has 0 radical (unpaired) electrons. The molecule has 270 valence electrons. The molecule has 2 nitrogen and oxygen atoms in total. The normalized spacial score (nSPS) is 11.4. The minimum Gasteiger partial charge on any atom is -0.236 e. The third kappa shape index (κ3) is 5.82. The Kier molecular flexibility index (Phi) is 8.19. The Labute approximate surface area is 337 Å². The highest BCUT2D eigenvalue weighted by Crippen LogP contribution is 2.45.